The van der Waals surface area contributed by atoms with Gasteiger partial charge in [0.1, 0.15) is 0 Å². The molecule has 0 spiro atoms. The van der Waals surface area contributed by atoms with E-state index < -0.39 is 0 Å². The average molecular weight is 282 g/mol. The van der Waals surface area contributed by atoms with Gasteiger partial charge in [-0.15, -0.1) is 0 Å². The molecule has 2 aromatic rings. The SMILES string of the molecule is CCNC1CCCCc2cn(Cc3cccc(C)c3)cc21. The Kier molecular flexibility index (Phi) is 4.45. The molecule has 0 saturated heterocycles. The highest BCUT2D eigenvalue weighted by Crippen LogP contribution is 2.29. The van der Waals surface area contributed by atoms with Gasteiger partial charge in [0.25, 0.3) is 0 Å². The van der Waals surface area contributed by atoms with Gasteiger partial charge in [-0.1, -0.05) is 43.2 Å². The van der Waals surface area contributed by atoms with Crippen molar-refractivity contribution in [2.45, 2.75) is 52.1 Å². The first-order valence-electron chi connectivity index (χ1n) is 8.23. The topological polar surface area (TPSA) is 17.0 Å². The first-order chi connectivity index (χ1) is 10.3. The maximum Gasteiger partial charge on any atom is 0.0470 e. The Hall–Kier alpha value is -1.54. The zero-order chi connectivity index (χ0) is 14.7. The lowest BCUT2D eigenvalue weighted by Crippen LogP contribution is -2.20. The normalized spacial score (nSPS) is 18.3. The summed E-state index contributed by atoms with van der Waals surface area (Å²) in [5.74, 6) is 0. The molecule has 0 amide bonds. The minimum absolute atomic E-state index is 0.547. The van der Waals surface area contributed by atoms with E-state index in [0.717, 1.165) is 13.1 Å². The van der Waals surface area contributed by atoms with Crippen LogP contribution in [-0.4, -0.2) is 11.1 Å². The van der Waals surface area contributed by atoms with E-state index in [1.807, 2.05) is 0 Å². The van der Waals surface area contributed by atoms with Crippen LogP contribution in [0.15, 0.2) is 36.7 Å². The van der Waals surface area contributed by atoms with Gasteiger partial charge in [0.2, 0.25) is 0 Å². The summed E-state index contributed by atoms with van der Waals surface area (Å²) in [6.07, 6.45) is 9.91. The van der Waals surface area contributed by atoms with E-state index in [1.165, 1.54) is 42.4 Å². The number of aromatic nitrogens is 1. The molecule has 1 N–H and O–H groups in total. The summed E-state index contributed by atoms with van der Waals surface area (Å²) in [5.41, 5.74) is 5.81. The summed E-state index contributed by atoms with van der Waals surface area (Å²) in [4.78, 5) is 0. The van der Waals surface area contributed by atoms with E-state index in [1.54, 1.807) is 5.56 Å². The van der Waals surface area contributed by atoms with Crippen LogP contribution in [0.3, 0.4) is 0 Å². The molecule has 1 atom stereocenters. The van der Waals surface area contributed by atoms with E-state index in [9.17, 15) is 0 Å². The largest absolute Gasteiger partial charge is 0.349 e. The molecule has 21 heavy (non-hydrogen) atoms. The maximum atomic E-state index is 3.65. The third kappa shape index (κ3) is 3.38. The van der Waals surface area contributed by atoms with Gasteiger partial charge in [-0.05, 0) is 49.4 Å². The maximum absolute atomic E-state index is 3.65. The van der Waals surface area contributed by atoms with Crippen molar-refractivity contribution < 1.29 is 0 Å². The molecular weight excluding hydrogens is 256 g/mol. The number of hydrogen-bond donors (Lipinski definition) is 1. The fraction of sp³-hybridized carbons (Fsp3) is 0.474. The molecule has 1 heterocycles. The quantitative estimate of drug-likeness (QED) is 0.831. The van der Waals surface area contributed by atoms with Crippen LogP contribution in [-0.2, 0) is 13.0 Å². The van der Waals surface area contributed by atoms with Crippen molar-refractivity contribution >= 4 is 0 Å². The number of hydrogen-bond acceptors (Lipinski definition) is 1. The minimum atomic E-state index is 0.547. The number of fused-ring (bicyclic) bond motifs is 1. The molecule has 1 aliphatic rings. The molecule has 0 fully saturated rings. The van der Waals surface area contributed by atoms with E-state index in [2.05, 4.69) is 60.4 Å². The molecule has 2 heteroatoms. The first-order valence-corrected chi connectivity index (χ1v) is 8.23. The van der Waals surface area contributed by atoms with Crippen LogP contribution in [0.4, 0.5) is 0 Å². The highest BCUT2D eigenvalue weighted by Gasteiger charge is 2.19. The van der Waals surface area contributed by atoms with Crippen LogP contribution in [0.25, 0.3) is 0 Å². The molecule has 1 aromatic carbocycles. The first kappa shape index (κ1) is 14.4. The van der Waals surface area contributed by atoms with Gasteiger partial charge >= 0.3 is 0 Å². The van der Waals surface area contributed by atoms with Gasteiger partial charge in [-0.2, -0.15) is 0 Å². The zero-order valence-electron chi connectivity index (χ0n) is 13.2. The van der Waals surface area contributed by atoms with Gasteiger partial charge in [0.15, 0.2) is 0 Å². The van der Waals surface area contributed by atoms with Crippen molar-refractivity contribution in [2.75, 3.05) is 6.54 Å². The van der Waals surface area contributed by atoms with E-state index in [-0.39, 0.29) is 0 Å². The summed E-state index contributed by atoms with van der Waals surface area (Å²) in [6.45, 7) is 6.39. The molecule has 3 rings (SSSR count). The number of benzene rings is 1. The van der Waals surface area contributed by atoms with Crippen LogP contribution in [0.1, 0.15) is 54.5 Å². The van der Waals surface area contributed by atoms with Crippen molar-refractivity contribution in [3.05, 3.63) is 58.9 Å². The lowest BCUT2D eigenvalue weighted by atomic mass is 10.0. The lowest BCUT2D eigenvalue weighted by molar-refractivity contribution is 0.502. The fourth-order valence-electron chi connectivity index (χ4n) is 3.49. The Labute approximate surface area is 128 Å². The van der Waals surface area contributed by atoms with Crippen LogP contribution >= 0.6 is 0 Å². The van der Waals surface area contributed by atoms with Crippen molar-refractivity contribution in [3.8, 4) is 0 Å². The van der Waals surface area contributed by atoms with Gasteiger partial charge in [0, 0.05) is 25.0 Å². The second kappa shape index (κ2) is 6.48. The Morgan fingerprint density at radius 2 is 2.14 bits per heavy atom. The fourth-order valence-corrected chi connectivity index (χ4v) is 3.49. The van der Waals surface area contributed by atoms with E-state index in [0.29, 0.717) is 6.04 Å². The summed E-state index contributed by atoms with van der Waals surface area (Å²) >= 11 is 0. The minimum Gasteiger partial charge on any atom is -0.349 e. The smallest absolute Gasteiger partial charge is 0.0470 e. The molecule has 112 valence electrons. The van der Waals surface area contributed by atoms with E-state index in [4.69, 9.17) is 0 Å². The molecule has 0 aliphatic heterocycles. The molecule has 2 nitrogen and oxygen atoms in total. The molecule has 1 aliphatic carbocycles. The van der Waals surface area contributed by atoms with Gasteiger partial charge in [0.05, 0.1) is 0 Å². The van der Waals surface area contributed by atoms with Gasteiger partial charge in [-0.25, -0.2) is 0 Å². The van der Waals surface area contributed by atoms with Crippen molar-refractivity contribution in [1.82, 2.24) is 9.88 Å². The molecule has 0 saturated carbocycles. The highest BCUT2D eigenvalue weighted by molar-refractivity contribution is 5.30. The third-order valence-corrected chi connectivity index (χ3v) is 4.46. The third-order valence-electron chi connectivity index (χ3n) is 4.46. The summed E-state index contributed by atoms with van der Waals surface area (Å²) < 4.78 is 2.37. The molecule has 1 aromatic heterocycles. The molecule has 1 unspecified atom stereocenters. The molecule has 0 bridgehead atoms. The number of rotatable bonds is 4. The van der Waals surface area contributed by atoms with Crippen LogP contribution in [0.5, 0.6) is 0 Å². The van der Waals surface area contributed by atoms with Crippen LogP contribution in [0.2, 0.25) is 0 Å². The van der Waals surface area contributed by atoms with E-state index >= 15 is 0 Å². The Morgan fingerprint density at radius 3 is 2.95 bits per heavy atom. The Balaban J connectivity index is 1.83. The zero-order valence-corrected chi connectivity index (χ0v) is 13.2. The van der Waals surface area contributed by atoms with Crippen LogP contribution < -0.4 is 5.32 Å². The van der Waals surface area contributed by atoms with Crippen molar-refractivity contribution in [1.29, 1.82) is 0 Å². The summed E-state index contributed by atoms with van der Waals surface area (Å²) in [5, 5.41) is 3.65. The van der Waals surface area contributed by atoms with Crippen molar-refractivity contribution in [2.24, 2.45) is 0 Å². The average Bonchev–Trinajstić information content (AvgIpc) is 2.76. The number of aryl methyl sites for hydroxylation is 2. The van der Waals surface area contributed by atoms with Gasteiger partial charge < -0.3 is 9.88 Å². The van der Waals surface area contributed by atoms with Crippen LogP contribution in [0, 0.1) is 6.92 Å². The lowest BCUT2D eigenvalue weighted by Gasteiger charge is -2.15. The molecule has 0 radical (unpaired) electrons. The monoisotopic (exact) mass is 282 g/mol. The summed E-state index contributed by atoms with van der Waals surface area (Å²) in [6, 6.07) is 9.37. The summed E-state index contributed by atoms with van der Waals surface area (Å²) in [7, 11) is 0. The number of nitrogens with zero attached hydrogens (tertiary/aromatic N) is 1. The Morgan fingerprint density at radius 1 is 1.24 bits per heavy atom. The predicted molar refractivity (Wildman–Crippen MR) is 88.7 cm³/mol. The standard InChI is InChI=1S/C19H26N2/c1-3-20-19-10-5-4-9-17-13-21(14-18(17)19)12-16-8-6-7-15(2)11-16/h6-8,11,13-14,19-20H,3-5,9-10,12H2,1-2H3. The second-order valence-corrected chi connectivity index (χ2v) is 6.26. The van der Waals surface area contributed by atoms with Crippen molar-refractivity contribution in [3.63, 3.8) is 0 Å². The Bertz CT molecular complexity index is 597. The predicted octanol–water partition coefficient (Wildman–Crippen LogP) is 4.22. The highest BCUT2D eigenvalue weighted by atomic mass is 15.0. The number of nitrogens with one attached hydrogen (secondary N) is 1. The second-order valence-electron chi connectivity index (χ2n) is 6.26. The van der Waals surface area contributed by atoms with Gasteiger partial charge in [-0.3, -0.25) is 0 Å². The molecular formula is C19H26N2.